The molecule has 0 unspecified atom stereocenters. The first-order chi connectivity index (χ1) is 10.2. The summed E-state index contributed by atoms with van der Waals surface area (Å²) in [6, 6.07) is 13.7. The number of carbonyl (C=O) groups excluding carboxylic acids is 1. The molecule has 0 saturated heterocycles. The molecule has 0 spiro atoms. The minimum Gasteiger partial charge on any atom is -0.504 e. The second-order valence-corrected chi connectivity index (χ2v) is 4.23. The van der Waals surface area contributed by atoms with Crippen LogP contribution in [-0.2, 0) is 4.79 Å². The zero-order valence-electron chi connectivity index (χ0n) is 11.7. The molecule has 0 fully saturated rings. The zero-order chi connectivity index (χ0) is 15.1. The lowest BCUT2D eigenvalue weighted by Gasteiger charge is -2.12. The van der Waals surface area contributed by atoms with E-state index in [9.17, 15) is 9.90 Å². The van der Waals surface area contributed by atoms with Gasteiger partial charge in [-0.1, -0.05) is 24.3 Å². The standard InChI is InChI=1S/C16H17NO4/c1-2-20-14-9-5-3-7-12(14)17-16(19)11-21-15-10-6-4-8-13(15)18/h3-10,18H,2,11H2,1H3,(H,17,19). The van der Waals surface area contributed by atoms with E-state index >= 15 is 0 Å². The van der Waals surface area contributed by atoms with Crippen LogP contribution in [-0.4, -0.2) is 24.2 Å². The van der Waals surface area contributed by atoms with Crippen molar-refractivity contribution in [2.24, 2.45) is 0 Å². The molecule has 2 N–H and O–H groups in total. The normalized spacial score (nSPS) is 9.95. The van der Waals surface area contributed by atoms with Gasteiger partial charge in [0.25, 0.3) is 5.91 Å². The van der Waals surface area contributed by atoms with Crippen LogP contribution < -0.4 is 14.8 Å². The van der Waals surface area contributed by atoms with Gasteiger partial charge in [0.1, 0.15) is 5.75 Å². The van der Waals surface area contributed by atoms with E-state index in [0.717, 1.165) is 0 Å². The molecule has 0 radical (unpaired) electrons. The highest BCUT2D eigenvalue weighted by molar-refractivity contribution is 5.93. The van der Waals surface area contributed by atoms with Crippen molar-refractivity contribution < 1.29 is 19.4 Å². The molecule has 2 aromatic rings. The lowest BCUT2D eigenvalue weighted by atomic mass is 10.3. The zero-order valence-corrected chi connectivity index (χ0v) is 11.7. The Morgan fingerprint density at radius 2 is 1.71 bits per heavy atom. The summed E-state index contributed by atoms with van der Waals surface area (Å²) in [4.78, 5) is 11.9. The number of amides is 1. The van der Waals surface area contributed by atoms with Crippen LogP contribution >= 0.6 is 0 Å². The number of aromatic hydroxyl groups is 1. The number of ether oxygens (including phenoxy) is 2. The average molecular weight is 287 g/mol. The van der Waals surface area contributed by atoms with Gasteiger partial charge in [-0.15, -0.1) is 0 Å². The van der Waals surface area contributed by atoms with Crippen LogP contribution in [0.2, 0.25) is 0 Å². The Balaban J connectivity index is 1.95. The van der Waals surface area contributed by atoms with Crippen LogP contribution in [0.5, 0.6) is 17.2 Å². The molecule has 0 saturated carbocycles. The minimum absolute atomic E-state index is 0.0000152. The van der Waals surface area contributed by atoms with Gasteiger partial charge in [0.2, 0.25) is 0 Å². The Morgan fingerprint density at radius 3 is 2.43 bits per heavy atom. The summed E-state index contributed by atoms with van der Waals surface area (Å²) in [5, 5.41) is 12.3. The minimum atomic E-state index is -0.328. The third-order valence-corrected chi connectivity index (χ3v) is 2.69. The van der Waals surface area contributed by atoms with Crippen LogP contribution in [0.1, 0.15) is 6.92 Å². The highest BCUT2D eigenvalue weighted by Crippen LogP contribution is 2.25. The van der Waals surface area contributed by atoms with Crippen molar-refractivity contribution in [1.82, 2.24) is 0 Å². The summed E-state index contributed by atoms with van der Waals surface area (Å²) < 4.78 is 10.7. The van der Waals surface area contributed by atoms with Crippen molar-refractivity contribution in [2.75, 3.05) is 18.5 Å². The highest BCUT2D eigenvalue weighted by Gasteiger charge is 2.09. The number of carbonyl (C=O) groups is 1. The van der Waals surface area contributed by atoms with Crippen LogP contribution in [0, 0.1) is 0 Å². The highest BCUT2D eigenvalue weighted by atomic mass is 16.5. The molecular weight excluding hydrogens is 270 g/mol. The van der Waals surface area contributed by atoms with Crippen molar-refractivity contribution in [3.63, 3.8) is 0 Å². The maximum Gasteiger partial charge on any atom is 0.262 e. The third kappa shape index (κ3) is 4.14. The molecular formula is C16H17NO4. The van der Waals surface area contributed by atoms with Gasteiger partial charge in [0, 0.05) is 0 Å². The number of nitrogens with one attached hydrogen (secondary N) is 1. The number of phenols is 1. The smallest absolute Gasteiger partial charge is 0.262 e. The van der Waals surface area contributed by atoms with Gasteiger partial charge in [-0.05, 0) is 31.2 Å². The lowest BCUT2D eigenvalue weighted by Crippen LogP contribution is -2.20. The molecule has 0 aliphatic carbocycles. The lowest BCUT2D eigenvalue weighted by molar-refractivity contribution is -0.118. The molecule has 0 aromatic heterocycles. The molecule has 110 valence electrons. The molecule has 1 amide bonds. The number of phenolic OH excluding ortho intramolecular Hbond substituents is 1. The van der Waals surface area contributed by atoms with E-state index in [-0.39, 0.29) is 24.0 Å². The van der Waals surface area contributed by atoms with Crippen LogP contribution in [0.15, 0.2) is 48.5 Å². The fraction of sp³-hybridized carbons (Fsp3) is 0.188. The van der Waals surface area contributed by atoms with E-state index < -0.39 is 0 Å². The van der Waals surface area contributed by atoms with Gasteiger partial charge in [-0.3, -0.25) is 4.79 Å². The van der Waals surface area contributed by atoms with Gasteiger partial charge < -0.3 is 19.9 Å². The number of rotatable bonds is 6. The fourth-order valence-electron chi connectivity index (χ4n) is 1.76. The van der Waals surface area contributed by atoms with Crippen molar-refractivity contribution in [3.8, 4) is 17.2 Å². The van der Waals surface area contributed by atoms with Crippen molar-refractivity contribution in [2.45, 2.75) is 6.92 Å². The van der Waals surface area contributed by atoms with Gasteiger partial charge >= 0.3 is 0 Å². The average Bonchev–Trinajstić information content (AvgIpc) is 2.49. The molecule has 21 heavy (non-hydrogen) atoms. The van der Waals surface area contributed by atoms with E-state index in [0.29, 0.717) is 18.0 Å². The topological polar surface area (TPSA) is 67.8 Å². The predicted molar refractivity (Wildman–Crippen MR) is 79.8 cm³/mol. The largest absolute Gasteiger partial charge is 0.504 e. The van der Waals surface area contributed by atoms with Crippen molar-refractivity contribution >= 4 is 11.6 Å². The van der Waals surface area contributed by atoms with E-state index in [1.54, 1.807) is 30.3 Å². The summed E-state index contributed by atoms with van der Waals surface area (Å²) in [5.41, 5.74) is 0.588. The summed E-state index contributed by atoms with van der Waals surface area (Å²) in [7, 11) is 0. The number of hydrogen-bond acceptors (Lipinski definition) is 4. The van der Waals surface area contributed by atoms with Crippen LogP contribution in [0.25, 0.3) is 0 Å². The number of para-hydroxylation sites is 4. The molecule has 0 aliphatic rings. The van der Waals surface area contributed by atoms with Crippen LogP contribution in [0.4, 0.5) is 5.69 Å². The molecule has 2 rings (SSSR count). The van der Waals surface area contributed by atoms with Crippen molar-refractivity contribution in [3.05, 3.63) is 48.5 Å². The fourth-order valence-corrected chi connectivity index (χ4v) is 1.76. The first-order valence-corrected chi connectivity index (χ1v) is 6.63. The summed E-state index contributed by atoms with van der Waals surface area (Å²) in [6.45, 7) is 2.19. The summed E-state index contributed by atoms with van der Waals surface area (Å²) >= 11 is 0. The van der Waals surface area contributed by atoms with E-state index in [4.69, 9.17) is 9.47 Å². The Bertz CT molecular complexity index is 613. The second-order valence-electron chi connectivity index (χ2n) is 4.23. The molecule has 5 nitrogen and oxygen atoms in total. The first-order valence-electron chi connectivity index (χ1n) is 6.63. The molecule has 0 bridgehead atoms. The predicted octanol–water partition coefficient (Wildman–Crippen LogP) is 2.81. The Kier molecular flexibility index (Phi) is 5.04. The SMILES string of the molecule is CCOc1ccccc1NC(=O)COc1ccccc1O. The quantitative estimate of drug-likeness (QED) is 0.857. The number of hydrogen-bond donors (Lipinski definition) is 2. The Morgan fingerprint density at radius 1 is 1.05 bits per heavy atom. The second kappa shape index (κ2) is 7.19. The maximum absolute atomic E-state index is 11.9. The molecule has 2 aromatic carbocycles. The molecule has 0 heterocycles. The molecule has 5 heteroatoms. The van der Waals surface area contributed by atoms with Gasteiger partial charge in [0.05, 0.1) is 12.3 Å². The van der Waals surface area contributed by atoms with E-state index in [2.05, 4.69) is 5.32 Å². The first kappa shape index (κ1) is 14.7. The van der Waals surface area contributed by atoms with Gasteiger partial charge in [0.15, 0.2) is 18.1 Å². The van der Waals surface area contributed by atoms with E-state index in [1.807, 2.05) is 19.1 Å². The van der Waals surface area contributed by atoms with Crippen molar-refractivity contribution in [1.29, 1.82) is 0 Å². The monoisotopic (exact) mass is 287 g/mol. The number of benzene rings is 2. The molecule has 0 atom stereocenters. The van der Waals surface area contributed by atoms with Gasteiger partial charge in [-0.25, -0.2) is 0 Å². The third-order valence-electron chi connectivity index (χ3n) is 2.69. The Labute approximate surface area is 123 Å². The molecule has 0 aliphatic heterocycles. The summed E-state index contributed by atoms with van der Waals surface area (Å²) in [5.74, 6) is 0.548. The van der Waals surface area contributed by atoms with E-state index in [1.165, 1.54) is 6.07 Å². The maximum atomic E-state index is 11.9. The summed E-state index contributed by atoms with van der Waals surface area (Å²) in [6.07, 6.45) is 0. The number of anilines is 1. The van der Waals surface area contributed by atoms with Crippen LogP contribution in [0.3, 0.4) is 0 Å². The van der Waals surface area contributed by atoms with Gasteiger partial charge in [-0.2, -0.15) is 0 Å². The Hall–Kier alpha value is -2.69.